The number of nitrogens with one attached hydrogen (secondary N) is 1. The van der Waals surface area contributed by atoms with E-state index in [2.05, 4.69) is 5.32 Å². The van der Waals surface area contributed by atoms with Crippen LogP contribution in [0.1, 0.15) is 49.0 Å². The van der Waals surface area contributed by atoms with Crippen LogP contribution in [-0.2, 0) is 14.3 Å². The smallest absolute Gasteiger partial charge is 0.336 e. The second kappa shape index (κ2) is 9.20. The number of ether oxygens (including phenoxy) is 3. The lowest BCUT2D eigenvalue weighted by molar-refractivity contribution is -0.136. The highest BCUT2D eigenvalue weighted by molar-refractivity contribution is 7.10. The Bertz CT molecular complexity index is 1100. The molecule has 2 aromatic rings. The molecule has 6 nitrogen and oxygen atoms in total. The molecule has 32 heavy (non-hydrogen) atoms. The van der Waals surface area contributed by atoms with Crippen LogP contribution >= 0.6 is 11.3 Å². The number of thiophene rings is 1. The van der Waals surface area contributed by atoms with Gasteiger partial charge in [-0.3, -0.25) is 4.79 Å². The molecule has 0 fully saturated rings. The highest BCUT2D eigenvalue weighted by Crippen LogP contribution is 2.47. The Morgan fingerprint density at radius 2 is 2.00 bits per heavy atom. The number of allylic oxidation sites excluding steroid dienone is 3. The predicted octanol–water partition coefficient (Wildman–Crippen LogP) is 4.69. The van der Waals surface area contributed by atoms with E-state index in [0.717, 1.165) is 21.8 Å². The van der Waals surface area contributed by atoms with Gasteiger partial charge in [0.15, 0.2) is 17.3 Å². The lowest BCUT2D eigenvalue weighted by Crippen LogP contribution is -2.35. The van der Waals surface area contributed by atoms with Crippen molar-refractivity contribution in [2.75, 3.05) is 20.8 Å². The van der Waals surface area contributed by atoms with Gasteiger partial charge in [-0.2, -0.15) is 0 Å². The van der Waals surface area contributed by atoms with Crippen LogP contribution in [0.3, 0.4) is 0 Å². The molecule has 2 aliphatic rings. The van der Waals surface area contributed by atoms with Crippen molar-refractivity contribution < 1.29 is 23.8 Å². The van der Waals surface area contributed by atoms with E-state index in [4.69, 9.17) is 14.2 Å². The zero-order valence-corrected chi connectivity index (χ0v) is 19.5. The molecule has 0 spiro atoms. The van der Waals surface area contributed by atoms with Crippen LogP contribution in [0.4, 0.5) is 0 Å². The summed E-state index contributed by atoms with van der Waals surface area (Å²) in [6, 6.07) is 9.76. The molecular weight excluding hydrogens is 426 g/mol. The molecule has 1 aliphatic heterocycles. The predicted molar refractivity (Wildman–Crippen MR) is 123 cm³/mol. The highest BCUT2D eigenvalue weighted by atomic mass is 32.1. The van der Waals surface area contributed by atoms with E-state index in [1.807, 2.05) is 49.6 Å². The summed E-state index contributed by atoms with van der Waals surface area (Å²) in [5.41, 5.74) is 3.81. The van der Waals surface area contributed by atoms with Crippen LogP contribution in [0.25, 0.3) is 0 Å². The van der Waals surface area contributed by atoms with Crippen molar-refractivity contribution in [3.63, 3.8) is 0 Å². The molecule has 0 saturated carbocycles. The normalized spacial score (nSPS) is 20.6. The van der Waals surface area contributed by atoms with Crippen LogP contribution < -0.4 is 14.8 Å². The number of carbonyl (C=O) groups is 2. The van der Waals surface area contributed by atoms with Crippen molar-refractivity contribution in [3.05, 3.63) is 68.7 Å². The van der Waals surface area contributed by atoms with Gasteiger partial charge in [0.2, 0.25) is 0 Å². The van der Waals surface area contributed by atoms with Gasteiger partial charge in [-0.15, -0.1) is 11.3 Å². The molecule has 0 amide bonds. The first-order chi connectivity index (χ1) is 15.5. The molecule has 0 bridgehead atoms. The second-order valence-corrected chi connectivity index (χ2v) is 8.85. The number of carbonyl (C=O) groups excluding carboxylic acids is 2. The number of benzene rings is 1. The average Bonchev–Trinajstić information content (AvgIpc) is 3.32. The minimum absolute atomic E-state index is 0.00906. The largest absolute Gasteiger partial charge is 0.493 e. The molecule has 0 radical (unpaired) electrons. The topological polar surface area (TPSA) is 73.9 Å². The molecule has 0 saturated heterocycles. The molecule has 0 unspecified atom stereocenters. The first kappa shape index (κ1) is 22.1. The quantitative estimate of drug-likeness (QED) is 0.640. The SMILES string of the molecule is CCOc1ccc([C@H]2CC(=O)C3=C(C2)NC(C)=C(C(=O)OC)[C@H]3c2cccs2)cc1OC. The van der Waals surface area contributed by atoms with Crippen LogP contribution in [-0.4, -0.2) is 32.6 Å². The summed E-state index contributed by atoms with van der Waals surface area (Å²) in [5.74, 6) is 0.594. The molecule has 1 aliphatic carbocycles. The van der Waals surface area contributed by atoms with Gasteiger partial charge in [0.05, 0.1) is 32.3 Å². The van der Waals surface area contributed by atoms with E-state index >= 15 is 0 Å². The summed E-state index contributed by atoms with van der Waals surface area (Å²) in [7, 11) is 2.99. The number of esters is 1. The molecule has 7 heteroatoms. The van der Waals surface area contributed by atoms with Crippen LogP contribution in [0.2, 0.25) is 0 Å². The summed E-state index contributed by atoms with van der Waals surface area (Å²) in [6.45, 7) is 4.35. The third-order valence-corrected chi connectivity index (χ3v) is 6.96. The number of methoxy groups -OCH3 is 2. The maximum absolute atomic E-state index is 13.5. The fraction of sp³-hybridized carbons (Fsp3) is 0.360. The fourth-order valence-corrected chi connectivity index (χ4v) is 5.45. The van der Waals surface area contributed by atoms with E-state index in [1.165, 1.54) is 7.11 Å². The van der Waals surface area contributed by atoms with Crippen molar-refractivity contribution >= 4 is 23.1 Å². The first-order valence-electron chi connectivity index (χ1n) is 10.6. The van der Waals surface area contributed by atoms with Gasteiger partial charge in [0.25, 0.3) is 0 Å². The van der Waals surface area contributed by atoms with E-state index in [0.29, 0.717) is 42.1 Å². The highest BCUT2D eigenvalue weighted by Gasteiger charge is 2.41. The number of Topliss-reactive ketones (excluding diaryl/α,β-unsaturated/α-hetero) is 1. The van der Waals surface area contributed by atoms with E-state index in [-0.39, 0.29) is 11.7 Å². The number of ketones is 1. The van der Waals surface area contributed by atoms with Crippen molar-refractivity contribution in [3.8, 4) is 11.5 Å². The van der Waals surface area contributed by atoms with Gasteiger partial charge in [0, 0.05) is 28.3 Å². The van der Waals surface area contributed by atoms with Gasteiger partial charge >= 0.3 is 5.97 Å². The maximum Gasteiger partial charge on any atom is 0.336 e. The summed E-state index contributed by atoms with van der Waals surface area (Å²) in [4.78, 5) is 27.1. The number of hydrogen-bond donors (Lipinski definition) is 1. The van der Waals surface area contributed by atoms with Crippen LogP contribution in [0.15, 0.2) is 58.3 Å². The summed E-state index contributed by atoms with van der Waals surface area (Å²) in [5, 5.41) is 5.31. The lowest BCUT2D eigenvalue weighted by Gasteiger charge is -2.36. The Hall–Kier alpha value is -3.06. The van der Waals surface area contributed by atoms with Crippen molar-refractivity contribution in [1.82, 2.24) is 5.32 Å². The standard InChI is InChI=1S/C25H27NO5S/c1-5-31-19-9-8-15(13-20(19)29-3)16-11-17-23(18(27)12-16)24(21-7-6-10-32-21)22(14(2)26-17)25(28)30-4/h6-10,13,16,24,26H,5,11-12H2,1-4H3/t16-,24-/m1/s1. The molecule has 1 aromatic heterocycles. The Kier molecular flexibility index (Phi) is 6.37. The van der Waals surface area contributed by atoms with Gasteiger partial charge in [-0.1, -0.05) is 12.1 Å². The third-order valence-electron chi connectivity index (χ3n) is 6.02. The number of rotatable bonds is 6. The Balaban J connectivity index is 1.72. The lowest BCUT2D eigenvalue weighted by atomic mass is 9.73. The van der Waals surface area contributed by atoms with Gasteiger partial charge < -0.3 is 19.5 Å². The Morgan fingerprint density at radius 1 is 1.19 bits per heavy atom. The van der Waals surface area contributed by atoms with Gasteiger partial charge in [-0.05, 0) is 55.3 Å². The molecule has 2 heterocycles. The molecule has 1 aromatic carbocycles. The van der Waals surface area contributed by atoms with Crippen LogP contribution in [0.5, 0.6) is 11.5 Å². The molecule has 2 atom stereocenters. The zero-order chi connectivity index (χ0) is 22.8. The average molecular weight is 454 g/mol. The minimum Gasteiger partial charge on any atom is -0.493 e. The monoisotopic (exact) mass is 453 g/mol. The fourth-order valence-electron chi connectivity index (χ4n) is 4.61. The zero-order valence-electron chi connectivity index (χ0n) is 18.7. The number of hydrogen-bond acceptors (Lipinski definition) is 7. The Morgan fingerprint density at radius 3 is 2.66 bits per heavy atom. The number of dihydropyridines is 1. The Labute approximate surface area is 191 Å². The second-order valence-electron chi connectivity index (χ2n) is 7.87. The van der Waals surface area contributed by atoms with E-state index in [1.54, 1.807) is 18.4 Å². The van der Waals surface area contributed by atoms with Gasteiger partial charge in [-0.25, -0.2) is 4.79 Å². The summed E-state index contributed by atoms with van der Waals surface area (Å²) in [6.07, 6.45) is 1.04. The van der Waals surface area contributed by atoms with Gasteiger partial charge in [0.1, 0.15) is 0 Å². The molecule has 168 valence electrons. The summed E-state index contributed by atoms with van der Waals surface area (Å²) >= 11 is 1.54. The summed E-state index contributed by atoms with van der Waals surface area (Å²) < 4.78 is 16.2. The molecule has 1 N–H and O–H groups in total. The maximum atomic E-state index is 13.5. The van der Waals surface area contributed by atoms with Crippen LogP contribution in [0, 0.1) is 0 Å². The molecule has 4 rings (SSSR count). The van der Waals surface area contributed by atoms with E-state index < -0.39 is 11.9 Å². The molecular formula is C25H27NO5S. The minimum atomic E-state index is -0.411. The van der Waals surface area contributed by atoms with Crippen molar-refractivity contribution in [2.24, 2.45) is 0 Å². The third kappa shape index (κ3) is 3.93. The van der Waals surface area contributed by atoms with E-state index in [9.17, 15) is 9.59 Å². The first-order valence-corrected chi connectivity index (χ1v) is 11.5. The van der Waals surface area contributed by atoms with Crippen molar-refractivity contribution in [1.29, 1.82) is 0 Å². The van der Waals surface area contributed by atoms with Crippen molar-refractivity contribution in [2.45, 2.75) is 38.5 Å².